The average Bonchev–Trinajstić information content (AvgIpc) is 2.45. The summed E-state index contributed by atoms with van der Waals surface area (Å²) >= 11 is 1.89. The lowest BCUT2D eigenvalue weighted by Gasteiger charge is -2.33. The standard InChI is InChI=1S/C15H26N2OS/c1-12(9-10-19-4)17(2)14(11-16)13-7-5-6-8-15(13)18-3/h5-8,12,14H,9-11,16H2,1-4H3. The van der Waals surface area contributed by atoms with Crippen molar-refractivity contribution >= 4 is 11.8 Å². The van der Waals surface area contributed by atoms with Crippen molar-refractivity contribution in [2.24, 2.45) is 5.73 Å². The summed E-state index contributed by atoms with van der Waals surface area (Å²) in [6.45, 7) is 2.86. The Kier molecular flexibility index (Phi) is 7.28. The fraction of sp³-hybridized carbons (Fsp3) is 0.600. The molecule has 0 saturated carbocycles. The van der Waals surface area contributed by atoms with Crippen LogP contribution in [0.1, 0.15) is 24.9 Å². The molecule has 1 aromatic carbocycles. The van der Waals surface area contributed by atoms with Crippen molar-refractivity contribution in [2.75, 3.05) is 32.7 Å². The Bertz CT molecular complexity index is 373. The lowest BCUT2D eigenvalue weighted by Crippen LogP contribution is -2.37. The molecule has 0 bridgehead atoms. The maximum atomic E-state index is 5.99. The Labute approximate surface area is 121 Å². The molecular weight excluding hydrogens is 256 g/mol. The zero-order valence-electron chi connectivity index (χ0n) is 12.4. The monoisotopic (exact) mass is 282 g/mol. The van der Waals surface area contributed by atoms with Crippen LogP contribution in [-0.4, -0.2) is 43.7 Å². The fourth-order valence-corrected chi connectivity index (χ4v) is 2.83. The van der Waals surface area contributed by atoms with Crippen molar-refractivity contribution in [3.63, 3.8) is 0 Å². The first-order valence-electron chi connectivity index (χ1n) is 6.69. The predicted octanol–water partition coefficient (Wildman–Crippen LogP) is 2.77. The summed E-state index contributed by atoms with van der Waals surface area (Å²) in [5.74, 6) is 2.09. The SMILES string of the molecule is COc1ccccc1C(CN)N(C)C(C)CCSC. The highest BCUT2D eigenvalue weighted by Crippen LogP contribution is 2.29. The molecule has 0 aromatic heterocycles. The minimum absolute atomic E-state index is 0.202. The number of rotatable bonds is 8. The summed E-state index contributed by atoms with van der Waals surface area (Å²) in [5, 5.41) is 0. The first-order chi connectivity index (χ1) is 9.15. The summed E-state index contributed by atoms with van der Waals surface area (Å²) in [4.78, 5) is 2.36. The maximum Gasteiger partial charge on any atom is 0.123 e. The Morgan fingerprint density at radius 2 is 2.05 bits per heavy atom. The third-order valence-corrected chi connectivity index (χ3v) is 4.29. The van der Waals surface area contributed by atoms with Crippen molar-refractivity contribution in [1.29, 1.82) is 0 Å². The lowest BCUT2D eigenvalue weighted by molar-refractivity contribution is 0.182. The molecule has 1 aromatic rings. The van der Waals surface area contributed by atoms with Crippen LogP contribution < -0.4 is 10.5 Å². The van der Waals surface area contributed by atoms with Gasteiger partial charge in [-0.3, -0.25) is 4.90 Å². The van der Waals surface area contributed by atoms with Crippen LogP contribution in [-0.2, 0) is 0 Å². The number of nitrogens with two attached hydrogens (primary N) is 1. The molecule has 0 amide bonds. The van der Waals surface area contributed by atoms with E-state index >= 15 is 0 Å². The van der Waals surface area contributed by atoms with E-state index in [1.165, 1.54) is 17.7 Å². The molecule has 0 heterocycles. The molecular formula is C15H26N2OS. The van der Waals surface area contributed by atoms with Gasteiger partial charge in [-0.05, 0) is 38.5 Å². The fourth-order valence-electron chi connectivity index (χ4n) is 2.25. The summed E-state index contributed by atoms with van der Waals surface area (Å²) < 4.78 is 5.45. The van der Waals surface area contributed by atoms with Gasteiger partial charge in [0.2, 0.25) is 0 Å². The second-order valence-corrected chi connectivity index (χ2v) is 5.78. The molecule has 108 valence electrons. The number of hydrogen-bond acceptors (Lipinski definition) is 4. The number of thioether (sulfide) groups is 1. The van der Waals surface area contributed by atoms with E-state index in [9.17, 15) is 0 Å². The highest BCUT2D eigenvalue weighted by atomic mass is 32.2. The molecule has 2 unspecified atom stereocenters. The van der Waals surface area contributed by atoms with Crippen LogP contribution >= 0.6 is 11.8 Å². The van der Waals surface area contributed by atoms with Crippen LogP contribution in [0.4, 0.5) is 0 Å². The predicted molar refractivity (Wildman–Crippen MR) is 85.0 cm³/mol. The summed E-state index contributed by atoms with van der Waals surface area (Å²) in [6.07, 6.45) is 3.32. The Morgan fingerprint density at radius 1 is 1.37 bits per heavy atom. The zero-order valence-corrected chi connectivity index (χ0v) is 13.2. The number of nitrogens with zero attached hydrogens (tertiary/aromatic N) is 1. The second kappa shape index (κ2) is 8.46. The van der Waals surface area contributed by atoms with Crippen LogP contribution in [0.25, 0.3) is 0 Å². The number of methoxy groups -OCH3 is 1. The molecule has 0 aliphatic rings. The minimum Gasteiger partial charge on any atom is -0.496 e. The average molecular weight is 282 g/mol. The van der Waals surface area contributed by atoms with Crippen LogP contribution in [0.3, 0.4) is 0 Å². The molecule has 1 rings (SSSR count). The van der Waals surface area contributed by atoms with Crippen molar-refractivity contribution in [3.8, 4) is 5.75 Å². The van der Waals surface area contributed by atoms with Gasteiger partial charge in [-0.2, -0.15) is 11.8 Å². The molecule has 2 atom stereocenters. The Balaban J connectivity index is 2.86. The highest BCUT2D eigenvalue weighted by Gasteiger charge is 2.22. The van der Waals surface area contributed by atoms with Crippen molar-refractivity contribution in [1.82, 2.24) is 4.90 Å². The van der Waals surface area contributed by atoms with Crippen LogP contribution in [0, 0.1) is 0 Å². The normalized spacial score (nSPS) is 14.4. The highest BCUT2D eigenvalue weighted by molar-refractivity contribution is 7.98. The summed E-state index contributed by atoms with van der Waals surface area (Å²) in [6, 6.07) is 8.85. The van der Waals surface area contributed by atoms with Gasteiger partial charge in [-0.25, -0.2) is 0 Å². The van der Waals surface area contributed by atoms with E-state index in [1.54, 1.807) is 7.11 Å². The lowest BCUT2D eigenvalue weighted by atomic mass is 10.0. The Morgan fingerprint density at radius 3 is 2.63 bits per heavy atom. The van der Waals surface area contributed by atoms with Gasteiger partial charge in [-0.1, -0.05) is 18.2 Å². The maximum absolute atomic E-state index is 5.99. The van der Waals surface area contributed by atoms with E-state index < -0.39 is 0 Å². The quantitative estimate of drug-likeness (QED) is 0.796. The third kappa shape index (κ3) is 4.41. The third-order valence-electron chi connectivity index (χ3n) is 3.65. The molecule has 0 fully saturated rings. The zero-order chi connectivity index (χ0) is 14.3. The first kappa shape index (κ1) is 16.3. The molecule has 4 heteroatoms. The van der Waals surface area contributed by atoms with Gasteiger partial charge in [0.15, 0.2) is 0 Å². The number of benzene rings is 1. The second-order valence-electron chi connectivity index (χ2n) is 4.79. The van der Waals surface area contributed by atoms with Crippen LogP contribution in [0.5, 0.6) is 5.75 Å². The van der Waals surface area contributed by atoms with Crippen molar-refractivity contribution < 1.29 is 4.74 Å². The van der Waals surface area contributed by atoms with Gasteiger partial charge >= 0.3 is 0 Å². The van der Waals surface area contributed by atoms with E-state index in [-0.39, 0.29) is 6.04 Å². The van der Waals surface area contributed by atoms with E-state index in [0.717, 1.165) is 5.75 Å². The van der Waals surface area contributed by atoms with E-state index in [1.807, 2.05) is 30.0 Å². The molecule has 0 aliphatic carbocycles. The molecule has 0 aliphatic heterocycles. The smallest absolute Gasteiger partial charge is 0.123 e. The van der Waals surface area contributed by atoms with E-state index in [2.05, 4.69) is 31.2 Å². The molecule has 0 radical (unpaired) electrons. The molecule has 3 nitrogen and oxygen atoms in total. The molecule has 0 saturated heterocycles. The number of likely N-dealkylation sites (N-methyl/N-ethyl adjacent to an activating group) is 1. The van der Waals surface area contributed by atoms with Gasteiger partial charge < -0.3 is 10.5 Å². The molecule has 0 spiro atoms. The summed E-state index contributed by atoms with van der Waals surface area (Å²) in [5.41, 5.74) is 7.17. The van der Waals surface area contributed by atoms with Gasteiger partial charge in [0.25, 0.3) is 0 Å². The van der Waals surface area contributed by atoms with E-state index in [0.29, 0.717) is 12.6 Å². The topological polar surface area (TPSA) is 38.5 Å². The number of hydrogen-bond donors (Lipinski definition) is 1. The van der Waals surface area contributed by atoms with E-state index in [4.69, 9.17) is 10.5 Å². The van der Waals surface area contributed by atoms with Gasteiger partial charge in [-0.15, -0.1) is 0 Å². The molecule has 19 heavy (non-hydrogen) atoms. The van der Waals surface area contributed by atoms with Gasteiger partial charge in [0.1, 0.15) is 5.75 Å². The number of para-hydroxylation sites is 1. The summed E-state index contributed by atoms with van der Waals surface area (Å²) in [7, 11) is 3.86. The van der Waals surface area contributed by atoms with Gasteiger partial charge in [0.05, 0.1) is 13.2 Å². The Hall–Kier alpha value is -0.710. The van der Waals surface area contributed by atoms with Gasteiger partial charge in [0, 0.05) is 18.2 Å². The van der Waals surface area contributed by atoms with Crippen molar-refractivity contribution in [2.45, 2.75) is 25.4 Å². The number of ether oxygens (including phenoxy) is 1. The van der Waals surface area contributed by atoms with Crippen LogP contribution in [0.15, 0.2) is 24.3 Å². The van der Waals surface area contributed by atoms with Crippen molar-refractivity contribution in [3.05, 3.63) is 29.8 Å². The largest absolute Gasteiger partial charge is 0.496 e. The molecule has 2 N–H and O–H groups in total. The first-order valence-corrected chi connectivity index (χ1v) is 8.08. The van der Waals surface area contributed by atoms with Crippen LogP contribution in [0.2, 0.25) is 0 Å². The minimum atomic E-state index is 0.202.